The van der Waals surface area contributed by atoms with Crippen molar-refractivity contribution >= 4 is 17.5 Å². The molecule has 0 amide bonds. The Morgan fingerprint density at radius 3 is 2.50 bits per heavy atom. The van der Waals surface area contributed by atoms with Crippen LogP contribution in [0, 0.1) is 17.2 Å². The fourth-order valence-corrected chi connectivity index (χ4v) is 4.37. The predicted octanol–water partition coefficient (Wildman–Crippen LogP) is 6.50. The van der Waals surface area contributed by atoms with E-state index in [4.69, 9.17) is 25.2 Å². The summed E-state index contributed by atoms with van der Waals surface area (Å²) in [6.07, 6.45) is 3.17. The van der Waals surface area contributed by atoms with E-state index < -0.39 is 0 Å². The molecule has 5 rings (SSSR count). The average molecular weight is 474 g/mol. The van der Waals surface area contributed by atoms with E-state index in [0.717, 1.165) is 32.4 Å². The van der Waals surface area contributed by atoms with Gasteiger partial charge in [0.25, 0.3) is 5.89 Å². The lowest BCUT2D eigenvalue weighted by Gasteiger charge is -2.31. The summed E-state index contributed by atoms with van der Waals surface area (Å²) in [6.45, 7) is 1.92. The highest BCUT2D eigenvalue weighted by molar-refractivity contribution is 6.30. The second kappa shape index (κ2) is 10.1. The van der Waals surface area contributed by atoms with Crippen LogP contribution < -0.4 is 9.64 Å². The SMILES string of the molecule is N#Cc1nc(-c2ccc(COc3ccc(Cl)cc3)o2)oc1N1CCC(Cc2ccccc2)CC1. The van der Waals surface area contributed by atoms with E-state index in [2.05, 4.69) is 40.2 Å². The summed E-state index contributed by atoms with van der Waals surface area (Å²) < 4.78 is 17.6. The summed E-state index contributed by atoms with van der Waals surface area (Å²) in [5.41, 5.74) is 1.65. The van der Waals surface area contributed by atoms with Crippen LogP contribution in [-0.2, 0) is 13.0 Å². The van der Waals surface area contributed by atoms with Gasteiger partial charge in [-0.2, -0.15) is 10.2 Å². The van der Waals surface area contributed by atoms with Gasteiger partial charge in [0.15, 0.2) is 5.76 Å². The first-order valence-electron chi connectivity index (χ1n) is 11.3. The van der Waals surface area contributed by atoms with Gasteiger partial charge in [-0.3, -0.25) is 0 Å². The molecule has 3 heterocycles. The third-order valence-electron chi connectivity index (χ3n) is 6.05. The number of nitriles is 1. The number of anilines is 1. The monoisotopic (exact) mass is 473 g/mol. The summed E-state index contributed by atoms with van der Waals surface area (Å²) in [7, 11) is 0. The number of hydrogen-bond donors (Lipinski definition) is 0. The molecule has 0 atom stereocenters. The molecule has 0 unspecified atom stereocenters. The molecule has 0 spiro atoms. The van der Waals surface area contributed by atoms with Crippen LogP contribution in [0.15, 0.2) is 75.6 Å². The van der Waals surface area contributed by atoms with Crippen LogP contribution in [0.5, 0.6) is 5.75 Å². The predicted molar refractivity (Wildman–Crippen MR) is 130 cm³/mol. The summed E-state index contributed by atoms with van der Waals surface area (Å²) in [5.74, 6) is 3.24. The number of rotatable bonds is 7. The fraction of sp³-hybridized carbons (Fsp3) is 0.259. The number of nitrogens with zero attached hydrogens (tertiary/aromatic N) is 3. The zero-order chi connectivity index (χ0) is 23.3. The van der Waals surface area contributed by atoms with E-state index in [1.54, 1.807) is 30.3 Å². The zero-order valence-electron chi connectivity index (χ0n) is 18.6. The number of halogens is 1. The average Bonchev–Trinajstić information content (AvgIpc) is 3.52. The van der Waals surface area contributed by atoms with Gasteiger partial charge in [0, 0.05) is 18.1 Å². The highest BCUT2D eigenvalue weighted by Crippen LogP contribution is 2.32. The zero-order valence-corrected chi connectivity index (χ0v) is 19.4. The molecule has 1 saturated heterocycles. The Morgan fingerprint density at radius 1 is 1.00 bits per heavy atom. The van der Waals surface area contributed by atoms with Crippen molar-refractivity contribution in [1.29, 1.82) is 5.26 Å². The summed E-state index contributed by atoms with van der Waals surface area (Å²) in [5, 5.41) is 10.3. The highest BCUT2D eigenvalue weighted by atomic mass is 35.5. The van der Waals surface area contributed by atoms with E-state index in [0.29, 0.717) is 40.0 Å². The molecule has 0 saturated carbocycles. The van der Waals surface area contributed by atoms with Crippen molar-refractivity contribution in [3.05, 3.63) is 88.8 Å². The number of piperidine rings is 1. The molecule has 4 aromatic rings. The third-order valence-corrected chi connectivity index (χ3v) is 6.30. The summed E-state index contributed by atoms with van der Waals surface area (Å²) >= 11 is 5.90. The van der Waals surface area contributed by atoms with Gasteiger partial charge >= 0.3 is 0 Å². The highest BCUT2D eigenvalue weighted by Gasteiger charge is 2.26. The van der Waals surface area contributed by atoms with Gasteiger partial charge in [0.2, 0.25) is 11.6 Å². The number of benzene rings is 2. The van der Waals surface area contributed by atoms with E-state index in [-0.39, 0.29) is 12.3 Å². The van der Waals surface area contributed by atoms with Crippen LogP contribution in [-0.4, -0.2) is 18.1 Å². The first-order valence-corrected chi connectivity index (χ1v) is 11.7. The maximum Gasteiger partial charge on any atom is 0.266 e. The first-order chi connectivity index (χ1) is 16.7. The molecule has 0 radical (unpaired) electrons. The summed E-state index contributed by atoms with van der Waals surface area (Å²) in [4.78, 5) is 6.50. The Kier molecular flexibility index (Phi) is 6.55. The molecule has 7 heteroatoms. The molecule has 1 aliphatic rings. The topological polar surface area (TPSA) is 75.4 Å². The number of aromatic nitrogens is 1. The Hall–Kier alpha value is -3.69. The fourth-order valence-electron chi connectivity index (χ4n) is 4.25. The molecular weight excluding hydrogens is 450 g/mol. The molecule has 2 aromatic heterocycles. The van der Waals surface area contributed by atoms with Gasteiger partial charge in [-0.15, -0.1) is 0 Å². The third kappa shape index (κ3) is 5.11. The normalized spacial score (nSPS) is 14.2. The molecule has 1 fully saturated rings. The van der Waals surface area contributed by atoms with Crippen LogP contribution >= 0.6 is 11.6 Å². The Bertz CT molecular complexity index is 1270. The number of oxazole rings is 1. The standard InChI is InChI=1S/C27H24ClN3O3/c28-21-6-8-22(9-7-21)32-18-23-10-11-25(33-23)26-30-24(17-29)27(34-26)31-14-12-20(13-15-31)16-19-4-2-1-3-5-19/h1-11,20H,12-16,18H2. The minimum atomic E-state index is 0.259. The van der Waals surface area contributed by atoms with Crippen LogP contribution in [0.1, 0.15) is 29.9 Å². The van der Waals surface area contributed by atoms with Crippen LogP contribution in [0.4, 0.5) is 5.88 Å². The lowest BCUT2D eigenvalue weighted by Crippen LogP contribution is -2.34. The molecule has 172 valence electrons. The van der Waals surface area contributed by atoms with Crippen LogP contribution in [0.25, 0.3) is 11.7 Å². The minimum absolute atomic E-state index is 0.259. The van der Waals surface area contributed by atoms with Gasteiger partial charge in [0.1, 0.15) is 24.2 Å². The number of ether oxygens (including phenoxy) is 1. The van der Waals surface area contributed by atoms with Crippen molar-refractivity contribution < 1.29 is 13.6 Å². The van der Waals surface area contributed by atoms with Gasteiger partial charge in [-0.25, -0.2) is 0 Å². The van der Waals surface area contributed by atoms with E-state index in [1.165, 1.54) is 5.56 Å². The van der Waals surface area contributed by atoms with Crippen molar-refractivity contribution in [2.45, 2.75) is 25.9 Å². The molecule has 0 N–H and O–H groups in total. The lowest BCUT2D eigenvalue weighted by molar-refractivity contribution is 0.271. The smallest absolute Gasteiger partial charge is 0.266 e. The molecular formula is C27H24ClN3O3. The molecule has 1 aliphatic heterocycles. The molecule has 34 heavy (non-hydrogen) atoms. The number of hydrogen-bond acceptors (Lipinski definition) is 6. The molecule has 0 bridgehead atoms. The first kappa shape index (κ1) is 22.1. The van der Waals surface area contributed by atoms with Crippen molar-refractivity contribution in [3.63, 3.8) is 0 Å². The summed E-state index contributed by atoms with van der Waals surface area (Å²) in [6, 6.07) is 23.5. The second-order valence-electron chi connectivity index (χ2n) is 8.41. The lowest BCUT2D eigenvalue weighted by atomic mass is 9.90. The van der Waals surface area contributed by atoms with Gasteiger partial charge < -0.3 is 18.5 Å². The Morgan fingerprint density at radius 2 is 1.76 bits per heavy atom. The Balaban J connectivity index is 1.22. The largest absolute Gasteiger partial charge is 0.486 e. The maximum atomic E-state index is 9.63. The van der Waals surface area contributed by atoms with Gasteiger partial charge in [-0.1, -0.05) is 41.9 Å². The second-order valence-corrected chi connectivity index (χ2v) is 8.85. The number of furan rings is 1. The molecule has 0 aliphatic carbocycles. The minimum Gasteiger partial charge on any atom is -0.486 e. The van der Waals surface area contributed by atoms with E-state index in [1.807, 2.05) is 12.1 Å². The van der Waals surface area contributed by atoms with Crippen LogP contribution in [0.2, 0.25) is 5.02 Å². The van der Waals surface area contributed by atoms with Crippen molar-refractivity contribution in [3.8, 4) is 23.5 Å². The van der Waals surface area contributed by atoms with Crippen LogP contribution in [0.3, 0.4) is 0 Å². The molecule has 2 aromatic carbocycles. The maximum absolute atomic E-state index is 9.63. The van der Waals surface area contributed by atoms with E-state index in [9.17, 15) is 5.26 Å². The Labute approximate surface area is 203 Å². The van der Waals surface area contributed by atoms with Crippen molar-refractivity contribution in [1.82, 2.24) is 4.98 Å². The molecule has 6 nitrogen and oxygen atoms in total. The van der Waals surface area contributed by atoms with Gasteiger partial charge in [0.05, 0.1) is 0 Å². The quantitative estimate of drug-likeness (QED) is 0.305. The van der Waals surface area contributed by atoms with Crippen molar-refractivity contribution in [2.24, 2.45) is 5.92 Å². The van der Waals surface area contributed by atoms with E-state index >= 15 is 0 Å². The van der Waals surface area contributed by atoms with Crippen molar-refractivity contribution in [2.75, 3.05) is 18.0 Å². The van der Waals surface area contributed by atoms with Gasteiger partial charge in [-0.05, 0) is 67.1 Å².